The maximum atomic E-state index is 6.24. The summed E-state index contributed by atoms with van der Waals surface area (Å²) in [6.07, 6.45) is 1.20. The molecule has 0 fully saturated rings. The predicted octanol–water partition coefficient (Wildman–Crippen LogP) is 4.02. The second kappa shape index (κ2) is 7.88. The van der Waals surface area contributed by atoms with E-state index in [1.54, 1.807) is 0 Å². The van der Waals surface area contributed by atoms with Crippen LogP contribution in [-0.4, -0.2) is 24.5 Å². The summed E-state index contributed by atoms with van der Waals surface area (Å²) in [5.74, 6) is 0.690. The molecular weight excluding hydrogens is 256 g/mol. The molecule has 0 aliphatic heterocycles. The van der Waals surface area contributed by atoms with Crippen molar-refractivity contribution >= 4 is 11.6 Å². The Labute approximate surface area is 122 Å². The van der Waals surface area contributed by atoms with Gasteiger partial charge in [0.1, 0.15) is 0 Å². The van der Waals surface area contributed by atoms with Gasteiger partial charge in [-0.15, -0.1) is 0 Å². The third kappa shape index (κ3) is 4.48. The van der Waals surface area contributed by atoms with E-state index >= 15 is 0 Å². The van der Waals surface area contributed by atoms with Crippen molar-refractivity contribution in [2.45, 2.75) is 40.2 Å². The Morgan fingerprint density at radius 3 is 2.47 bits per heavy atom. The van der Waals surface area contributed by atoms with Gasteiger partial charge in [0.2, 0.25) is 0 Å². The number of hydrogen-bond acceptors (Lipinski definition) is 2. The molecule has 0 aliphatic carbocycles. The van der Waals surface area contributed by atoms with Gasteiger partial charge in [-0.3, -0.25) is 4.90 Å². The van der Waals surface area contributed by atoms with Gasteiger partial charge in [0, 0.05) is 24.2 Å². The highest BCUT2D eigenvalue weighted by molar-refractivity contribution is 6.31. The van der Waals surface area contributed by atoms with Gasteiger partial charge in [-0.1, -0.05) is 50.9 Å². The number of rotatable bonds is 7. The zero-order chi connectivity index (χ0) is 14.4. The first kappa shape index (κ1) is 16.5. The summed E-state index contributed by atoms with van der Waals surface area (Å²) in [6, 6.07) is 6.56. The number of benzene rings is 1. The second-order valence-electron chi connectivity index (χ2n) is 5.36. The lowest BCUT2D eigenvalue weighted by Gasteiger charge is -2.32. The first-order chi connectivity index (χ1) is 9.03. The minimum absolute atomic E-state index is 0.261. The van der Waals surface area contributed by atoms with E-state index in [-0.39, 0.29) is 6.04 Å². The highest BCUT2D eigenvalue weighted by atomic mass is 35.5. The molecule has 0 amide bonds. The SMILES string of the molecule is CCC(C)CN(CC)C(CN)c1ccc(C)c(Cl)c1. The molecule has 0 spiro atoms. The normalized spacial score (nSPS) is 14.7. The summed E-state index contributed by atoms with van der Waals surface area (Å²) in [6.45, 7) is 11.5. The van der Waals surface area contributed by atoms with Crippen molar-refractivity contribution in [1.29, 1.82) is 0 Å². The van der Waals surface area contributed by atoms with Crippen molar-refractivity contribution < 1.29 is 0 Å². The standard InChI is InChI=1S/C16H27ClN2/c1-5-12(3)11-19(6-2)16(10-18)14-8-7-13(4)15(17)9-14/h7-9,12,16H,5-6,10-11,18H2,1-4H3. The molecule has 0 aliphatic rings. The molecule has 2 atom stereocenters. The average Bonchev–Trinajstić information content (AvgIpc) is 2.41. The van der Waals surface area contributed by atoms with E-state index in [4.69, 9.17) is 17.3 Å². The molecule has 19 heavy (non-hydrogen) atoms. The van der Waals surface area contributed by atoms with Crippen molar-refractivity contribution in [3.8, 4) is 0 Å². The van der Waals surface area contributed by atoms with Crippen LogP contribution in [0.2, 0.25) is 5.02 Å². The summed E-state index contributed by atoms with van der Waals surface area (Å²) < 4.78 is 0. The largest absolute Gasteiger partial charge is 0.329 e. The van der Waals surface area contributed by atoms with Gasteiger partial charge in [0.15, 0.2) is 0 Å². The highest BCUT2D eigenvalue weighted by Crippen LogP contribution is 2.25. The second-order valence-corrected chi connectivity index (χ2v) is 5.77. The fraction of sp³-hybridized carbons (Fsp3) is 0.625. The molecule has 1 aromatic rings. The van der Waals surface area contributed by atoms with Gasteiger partial charge in [0.05, 0.1) is 0 Å². The fourth-order valence-corrected chi connectivity index (χ4v) is 2.51. The Hall–Kier alpha value is -0.570. The Morgan fingerprint density at radius 2 is 2.00 bits per heavy atom. The maximum absolute atomic E-state index is 6.24. The summed E-state index contributed by atoms with van der Waals surface area (Å²) in [4.78, 5) is 2.45. The van der Waals surface area contributed by atoms with Crippen LogP contribution in [0.5, 0.6) is 0 Å². The Morgan fingerprint density at radius 1 is 1.32 bits per heavy atom. The van der Waals surface area contributed by atoms with E-state index in [1.807, 2.05) is 6.92 Å². The van der Waals surface area contributed by atoms with E-state index < -0.39 is 0 Å². The zero-order valence-corrected chi connectivity index (χ0v) is 13.4. The smallest absolute Gasteiger partial charge is 0.0470 e. The van der Waals surface area contributed by atoms with E-state index in [1.165, 1.54) is 12.0 Å². The van der Waals surface area contributed by atoms with E-state index in [2.05, 4.69) is 43.9 Å². The molecule has 0 aromatic heterocycles. The lowest BCUT2D eigenvalue weighted by atomic mass is 10.0. The third-order valence-corrected chi connectivity index (χ3v) is 4.30. The molecule has 1 aromatic carbocycles. The van der Waals surface area contributed by atoms with Crippen molar-refractivity contribution in [2.24, 2.45) is 11.7 Å². The highest BCUT2D eigenvalue weighted by Gasteiger charge is 2.19. The van der Waals surface area contributed by atoms with Gasteiger partial charge >= 0.3 is 0 Å². The molecular formula is C16H27ClN2. The quantitative estimate of drug-likeness (QED) is 0.818. The van der Waals surface area contributed by atoms with Crippen LogP contribution in [0.3, 0.4) is 0 Å². The van der Waals surface area contributed by atoms with Crippen LogP contribution in [0.1, 0.15) is 44.4 Å². The van der Waals surface area contributed by atoms with E-state index in [9.17, 15) is 0 Å². The van der Waals surface area contributed by atoms with Crippen LogP contribution in [0.15, 0.2) is 18.2 Å². The molecule has 0 saturated carbocycles. The van der Waals surface area contributed by atoms with Gasteiger partial charge in [-0.2, -0.15) is 0 Å². The van der Waals surface area contributed by atoms with Gasteiger partial charge in [-0.25, -0.2) is 0 Å². The monoisotopic (exact) mass is 282 g/mol. The number of aryl methyl sites for hydroxylation is 1. The Bertz CT molecular complexity index is 392. The number of likely N-dealkylation sites (N-methyl/N-ethyl adjacent to an activating group) is 1. The molecule has 108 valence electrons. The topological polar surface area (TPSA) is 29.3 Å². The van der Waals surface area contributed by atoms with E-state index in [0.717, 1.165) is 23.7 Å². The Kier molecular flexibility index (Phi) is 6.84. The third-order valence-electron chi connectivity index (χ3n) is 3.89. The summed E-state index contributed by atoms with van der Waals surface area (Å²) >= 11 is 6.24. The molecule has 0 saturated heterocycles. The molecule has 2 N–H and O–H groups in total. The number of halogens is 1. The van der Waals surface area contributed by atoms with Crippen LogP contribution < -0.4 is 5.73 Å². The maximum Gasteiger partial charge on any atom is 0.0470 e. The number of nitrogens with zero attached hydrogens (tertiary/aromatic N) is 1. The van der Waals surface area contributed by atoms with Crippen LogP contribution in [-0.2, 0) is 0 Å². The first-order valence-electron chi connectivity index (χ1n) is 7.23. The van der Waals surface area contributed by atoms with Crippen LogP contribution >= 0.6 is 11.6 Å². The minimum Gasteiger partial charge on any atom is -0.329 e. The van der Waals surface area contributed by atoms with Crippen molar-refractivity contribution in [3.63, 3.8) is 0 Å². The number of nitrogens with two attached hydrogens (primary N) is 1. The van der Waals surface area contributed by atoms with Gasteiger partial charge in [0.25, 0.3) is 0 Å². The molecule has 2 nitrogen and oxygen atoms in total. The zero-order valence-electron chi connectivity index (χ0n) is 12.6. The average molecular weight is 283 g/mol. The molecule has 3 heteroatoms. The van der Waals surface area contributed by atoms with Crippen LogP contribution in [0.4, 0.5) is 0 Å². The van der Waals surface area contributed by atoms with Crippen molar-refractivity contribution in [3.05, 3.63) is 34.3 Å². The summed E-state index contributed by atoms with van der Waals surface area (Å²) in [5.41, 5.74) is 8.34. The molecule has 0 heterocycles. The fourth-order valence-electron chi connectivity index (χ4n) is 2.32. The molecule has 2 unspecified atom stereocenters. The van der Waals surface area contributed by atoms with Gasteiger partial charge in [-0.05, 0) is 36.6 Å². The summed E-state index contributed by atoms with van der Waals surface area (Å²) in [7, 11) is 0. The van der Waals surface area contributed by atoms with Gasteiger partial charge < -0.3 is 5.73 Å². The molecule has 0 radical (unpaired) electrons. The van der Waals surface area contributed by atoms with Crippen LogP contribution in [0.25, 0.3) is 0 Å². The molecule has 0 bridgehead atoms. The summed E-state index contributed by atoms with van der Waals surface area (Å²) in [5, 5.41) is 0.829. The van der Waals surface area contributed by atoms with Crippen molar-refractivity contribution in [1.82, 2.24) is 4.90 Å². The molecule has 1 rings (SSSR count). The minimum atomic E-state index is 0.261. The van der Waals surface area contributed by atoms with Crippen molar-refractivity contribution in [2.75, 3.05) is 19.6 Å². The first-order valence-corrected chi connectivity index (χ1v) is 7.61. The number of hydrogen-bond donors (Lipinski definition) is 1. The predicted molar refractivity (Wildman–Crippen MR) is 84.7 cm³/mol. The van der Waals surface area contributed by atoms with Crippen LogP contribution in [0, 0.1) is 12.8 Å². The lowest BCUT2D eigenvalue weighted by molar-refractivity contribution is 0.182. The lowest BCUT2D eigenvalue weighted by Crippen LogP contribution is -2.36. The Balaban J connectivity index is 2.93. The van der Waals surface area contributed by atoms with E-state index in [0.29, 0.717) is 12.5 Å².